The van der Waals surface area contributed by atoms with Crippen LogP contribution in [0.2, 0.25) is 0 Å². The number of benzene rings is 2. The van der Waals surface area contributed by atoms with Crippen LogP contribution in [0.25, 0.3) is 0 Å². The maximum absolute atomic E-state index is 12.1. The predicted molar refractivity (Wildman–Crippen MR) is 104 cm³/mol. The van der Waals surface area contributed by atoms with Crippen LogP contribution < -0.4 is 15.4 Å². The van der Waals surface area contributed by atoms with E-state index in [1.165, 1.54) is 5.56 Å². The molecule has 4 heteroatoms. The second kappa shape index (κ2) is 8.06. The molecule has 0 saturated carbocycles. The van der Waals surface area contributed by atoms with Crippen molar-refractivity contribution < 1.29 is 9.53 Å². The number of carbonyl (C=O) groups excluding carboxylic acids is 1. The Labute approximate surface area is 150 Å². The van der Waals surface area contributed by atoms with Crippen molar-refractivity contribution in [2.24, 2.45) is 0 Å². The molecule has 0 aliphatic heterocycles. The number of hydrogen-bond donors (Lipinski definition) is 2. The second-order valence-corrected chi connectivity index (χ2v) is 7.42. The predicted octanol–water partition coefficient (Wildman–Crippen LogP) is 4.82. The fourth-order valence-electron chi connectivity index (χ4n) is 2.36. The van der Waals surface area contributed by atoms with Crippen LogP contribution in [0.4, 0.5) is 11.4 Å². The summed E-state index contributed by atoms with van der Waals surface area (Å²) in [4.78, 5) is 12.1. The molecule has 0 unspecified atom stereocenters. The van der Waals surface area contributed by atoms with Crippen LogP contribution in [-0.2, 0) is 10.2 Å². The molecule has 0 saturated heterocycles. The summed E-state index contributed by atoms with van der Waals surface area (Å²) in [5.41, 5.74) is 3.04. The van der Waals surface area contributed by atoms with E-state index >= 15 is 0 Å². The average Bonchev–Trinajstić information content (AvgIpc) is 2.53. The lowest BCUT2D eigenvalue weighted by atomic mass is 9.87. The van der Waals surface area contributed by atoms with Gasteiger partial charge in [-0.1, -0.05) is 32.9 Å². The third-order valence-electron chi connectivity index (χ3n) is 3.71. The highest BCUT2D eigenvalue weighted by atomic mass is 16.5. The molecule has 0 radical (unpaired) electrons. The molecular formula is C21H28N2O2. The van der Waals surface area contributed by atoms with Crippen molar-refractivity contribution in [3.05, 3.63) is 54.1 Å². The SMILES string of the molecule is CC(C)Oc1ccc(NCC(=O)Nc2ccc(C(C)(C)C)cc2)cc1. The van der Waals surface area contributed by atoms with Crippen LogP contribution in [0.5, 0.6) is 5.75 Å². The van der Waals surface area contributed by atoms with E-state index in [-0.39, 0.29) is 24.0 Å². The molecule has 1 amide bonds. The van der Waals surface area contributed by atoms with Gasteiger partial charge in [0.25, 0.3) is 0 Å². The highest BCUT2D eigenvalue weighted by Gasteiger charge is 2.13. The summed E-state index contributed by atoms with van der Waals surface area (Å²) in [5.74, 6) is 0.745. The Hall–Kier alpha value is -2.49. The van der Waals surface area contributed by atoms with Gasteiger partial charge in [0.15, 0.2) is 0 Å². The first-order valence-electron chi connectivity index (χ1n) is 8.65. The number of anilines is 2. The van der Waals surface area contributed by atoms with Gasteiger partial charge in [0, 0.05) is 11.4 Å². The van der Waals surface area contributed by atoms with Crippen LogP contribution in [0.1, 0.15) is 40.2 Å². The summed E-state index contributed by atoms with van der Waals surface area (Å²) in [6, 6.07) is 15.6. The number of nitrogens with one attached hydrogen (secondary N) is 2. The summed E-state index contributed by atoms with van der Waals surface area (Å²) < 4.78 is 5.60. The minimum Gasteiger partial charge on any atom is -0.491 e. The monoisotopic (exact) mass is 340 g/mol. The number of hydrogen-bond acceptors (Lipinski definition) is 3. The van der Waals surface area contributed by atoms with E-state index in [2.05, 4.69) is 43.5 Å². The fraction of sp³-hybridized carbons (Fsp3) is 0.381. The van der Waals surface area contributed by atoms with Gasteiger partial charge < -0.3 is 15.4 Å². The molecule has 0 fully saturated rings. The van der Waals surface area contributed by atoms with Crippen LogP contribution in [0, 0.1) is 0 Å². The number of amides is 1. The lowest BCUT2D eigenvalue weighted by molar-refractivity contribution is -0.114. The van der Waals surface area contributed by atoms with E-state index in [0.29, 0.717) is 0 Å². The van der Waals surface area contributed by atoms with Gasteiger partial charge in [0.1, 0.15) is 5.75 Å². The normalized spacial score (nSPS) is 11.3. The standard InChI is InChI=1S/C21H28N2O2/c1-15(2)25-19-12-10-17(11-13-19)22-14-20(24)23-18-8-6-16(7-9-18)21(3,4)5/h6-13,15,22H,14H2,1-5H3,(H,23,24). The lowest BCUT2D eigenvalue weighted by Gasteiger charge is -2.19. The molecule has 2 rings (SSSR count). The maximum atomic E-state index is 12.1. The minimum absolute atomic E-state index is 0.0778. The third kappa shape index (κ3) is 6.14. The Balaban J connectivity index is 1.84. The molecule has 0 aromatic heterocycles. The summed E-state index contributed by atoms with van der Waals surface area (Å²) in [5, 5.41) is 6.02. The van der Waals surface area contributed by atoms with Crippen LogP contribution in [-0.4, -0.2) is 18.6 Å². The summed E-state index contributed by atoms with van der Waals surface area (Å²) in [6.07, 6.45) is 0.147. The van der Waals surface area contributed by atoms with Crippen LogP contribution >= 0.6 is 0 Å². The van der Waals surface area contributed by atoms with Gasteiger partial charge in [0.05, 0.1) is 12.6 Å². The van der Waals surface area contributed by atoms with E-state index in [9.17, 15) is 4.79 Å². The van der Waals surface area contributed by atoms with Crippen molar-refractivity contribution in [3.8, 4) is 5.75 Å². The molecule has 0 aliphatic carbocycles. The number of carbonyl (C=O) groups is 1. The van der Waals surface area contributed by atoms with E-state index in [1.807, 2.05) is 50.2 Å². The highest BCUT2D eigenvalue weighted by Crippen LogP contribution is 2.23. The highest BCUT2D eigenvalue weighted by molar-refractivity contribution is 5.93. The molecule has 0 spiro atoms. The zero-order valence-electron chi connectivity index (χ0n) is 15.7. The molecule has 4 nitrogen and oxygen atoms in total. The van der Waals surface area contributed by atoms with Crippen molar-refractivity contribution in [3.63, 3.8) is 0 Å². The molecule has 0 heterocycles. The topological polar surface area (TPSA) is 50.4 Å². The Morgan fingerprint density at radius 3 is 2.04 bits per heavy atom. The molecular weight excluding hydrogens is 312 g/mol. The average molecular weight is 340 g/mol. The lowest BCUT2D eigenvalue weighted by Crippen LogP contribution is -2.21. The molecule has 25 heavy (non-hydrogen) atoms. The molecule has 0 aliphatic rings. The van der Waals surface area contributed by atoms with Crippen LogP contribution in [0.3, 0.4) is 0 Å². The van der Waals surface area contributed by atoms with Gasteiger partial charge in [-0.05, 0) is 61.2 Å². The smallest absolute Gasteiger partial charge is 0.243 e. The molecule has 2 aromatic rings. The van der Waals surface area contributed by atoms with Crippen molar-refractivity contribution in [1.29, 1.82) is 0 Å². The van der Waals surface area contributed by atoms with Gasteiger partial charge >= 0.3 is 0 Å². The van der Waals surface area contributed by atoms with Gasteiger partial charge in [-0.2, -0.15) is 0 Å². The zero-order chi connectivity index (χ0) is 18.4. The maximum Gasteiger partial charge on any atom is 0.243 e. The van der Waals surface area contributed by atoms with E-state index in [1.54, 1.807) is 0 Å². The van der Waals surface area contributed by atoms with E-state index in [0.717, 1.165) is 17.1 Å². The number of rotatable bonds is 6. The molecule has 0 atom stereocenters. The molecule has 134 valence electrons. The Morgan fingerprint density at radius 2 is 1.52 bits per heavy atom. The second-order valence-electron chi connectivity index (χ2n) is 7.42. The summed E-state index contributed by atoms with van der Waals surface area (Å²) in [7, 11) is 0. The summed E-state index contributed by atoms with van der Waals surface area (Å²) in [6.45, 7) is 10.7. The van der Waals surface area contributed by atoms with E-state index < -0.39 is 0 Å². The largest absolute Gasteiger partial charge is 0.491 e. The fourth-order valence-corrected chi connectivity index (χ4v) is 2.36. The molecule has 0 bridgehead atoms. The quantitative estimate of drug-likeness (QED) is 0.792. The number of ether oxygens (including phenoxy) is 1. The first-order chi connectivity index (χ1) is 11.7. The Bertz CT molecular complexity index is 683. The van der Waals surface area contributed by atoms with Crippen molar-refractivity contribution >= 4 is 17.3 Å². The third-order valence-corrected chi connectivity index (χ3v) is 3.71. The first kappa shape index (κ1) is 18.8. The molecule has 2 aromatic carbocycles. The van der Waals surface area contributed by atoms with Crippen LogP contribution in [0.15, 0.2) is 48.5 Å². The van der Waals surface area contributed by atoms with Gasteiger partial charge in [-0.25, -0.2) is 0 Å². The Morgan fingerprint density at radius 1 is 0.960 bits per heavy atom. The Kier molecular flexibility index (Phi) is 6.07. The minimum atomic E-state index is -0.0778. The zero-order valence-corrected chi connectivity index (χ0v) is 15.7. The first-order valence-corrected chi connectivity index (χ1v) is 8.65. The van der Waals surface area contributed by atoms with E-state index in [4.69, 9.17) is 4.74 Å². The van der Waals surface area contributed by atoms with Gasteiger partial charge in [0.2, 0.25) is 5.91 Å². The summed E-state index contributed by atoms with van der Waals surface area (Å²) >= 11 is 0. The van der Waals surface area contributed by atoms with Crippen molar-refractivity contribution in [2.45, 2.75) is 46.1 Å². The molecule has 2 N–H and O–H groups in total. The van der Waals surface area contributed by atoms with Crippen molar-refractivity contribution in [1.82, 2.24) is 0 Å². The van der Waals surface area contributed by atoms with Crippen molar-refractivity contribution in [2.75, 3.05) is 17.2 Å². The van der Waals surface area contributed by atoms with Gasteiger partial charge in [-0.3, -0.25) is 4.79 Å². The van der Waals surface area contributed by atoms with Gasteiger partial charge in [-0.15, -0.1) is 0 Å².